The van der Waals surface area contributed by atoms with Crippen LogP contribution in [0.2, 0.25) is 0 Å². The Kier molecular flexibility index (Phi) is 9.85. The highest BCUT2D eigenvalue weighted by atomic mass is 32.2. The molecule has 50 heavy (non-hydrogen) atoms. The third kappa shape index (κ3) is 7.43. The van der Waals surface area contributed by atoms with E-state index in [-0.39, 0.29) is 25.5 Å². The number of hydrogen-bond acceptors (Lipinski definition) is 9. The van der Waals surface area contributed by atoms with Crippen molar-refractivity contribution in [2.75, 3.05) is 6.54 Å². The van der Waals surface area contributed by atoms with Gasteiger partial charge in [0.2, 0.25) is 21.8 Å². The van der Waals surface area contributed by atoms with Crippen LogP contribution in [0.1, 0.15) is 83.7 Å². The molecule has 1 saturated heterocycles. The minimum absolute atomic E-state index is 0.0590. The van der Waals surface area contributed by atoms with Gasteiger partial charge in [-0.15, -0.1) is 17.9 Å². The van der Waals surface area contributed by atoms with Gasteiger partial charge in [-0.2, -0.15) is 0 Å². The van der Waals surface area contributed by atoms with E-state index in [0.29, 0.717) is 29.1 Å². The summed E-state index contributed by atoms with van der Waals surface area (Å²) in [5.41, 5.74) is -1.42. The van der Waals surface area contributed by atoms with E-state index in [2.05, 4.69) is 26.9 Å². The van der Waals surface area contributed by atoms with Crippen molar-refractivity contribution < 1.29 is 36.7 Å². The number of thiazole rings is 1. The van der Waals surface area contributed by atoms with Crippen molar-refractivity contribution in [2.24, 2.45) is 11.3 Å². The molecular formula is C35H44FN5O7S2. The second kappa shape index (κ2) is 13.7. The van der Waals surface area contributed by atoms with E-state index >= 15 is 0 Å². The quantitative estimate of drug-likeness (QED) is 0.287. The Balaban J connectivity index is 1.27. The van der Waals surface area contributed by atoms with Gasteiger partial charge in [-0.25, -0.2) is 22.6 Å². The van der Waals surface area contributed by atoms with Crippen molar-refractivity contribution in [3.63, 3.8) is 0 Å². The molecule has 0 radical (unpaired) electrons. The Hall–Kier alpha value is -3.85. The van der Waals surface area contributed by atoms with Gasteiger partial charge in [-0.1, -0.05) is 39.0 Å². The van der Waals surface area contributed by atoms with Crippen LogP contribution in [0.15, 0.2) is 42.3 Å². The van der Waals surface area contributed by atoms with Crippen LogP contribution in [-0.4, -0.2) is 77.6 Å². The van der Waals surface area contributed by atoms with Crippen molar-refractivity contribution in [3.8, 4) is 10.6 Å². The number of halogens is 1. The molecule has 5 atom stereocenters. The molecule has 3 N–H and O–H groups in total. The number of rotatable bonds is 11. The maximum absolute atomic E-state index is 14.6. The van der Waals surface area contributed by atoms with E-state index < -0.39 is 79.8 Å². The zero-order valence-corrected chi connectivity index (χ0v) is 30.1. The molecule has 0 unspecified atom stereocenters. The lowest BCUT2D eigenvalue weighted by molar-refractivity contribution is -0.142. The summed E-state index contributed by atoms with van der Waals surface area (Å²) < 4.78 is 47.7. The average molecular weight is 730 g/mol. The first-order valence-corrected chi connectivity index (χ1v) is 19.5. The first-order valence-electron chi connectivity index (χ1n) is 17.1. The fraction of sp³-hybridized carbons (Fsp3) is 0.571. The van der Waals surface area contributed by atoms with E-state index in [4.69, 9.17) is 4.74 Å². The number of ether oxygens (including phenoxy) is 1. The van der Waals surface area contributed by atoms with Gasteiger partial charge in [0.05, 0.1) is 10.9 Å². The second-order valence-electron chi connectivity index (χ2n) is 14.9. The lowest BCUT2D eigenvalue weighted by Crippen LogP contribution is -2.60. The van der Waals surface area contributed by atoms with Crippen LogP contribution in [0.5, 0.6) is 0 Å². The van der Waals surface area contributed by atoms with Gasteiger partial charge >= 0.3 is 6.09 Å². The minimum Gasteiger partial charge on any atom is -0.446 e. The SMILES string of the molecule is C=C[C@@H]1C[C@]1(NC(=O)[C@@H]1C[C@@H](c2csc(-c3ccccc3F)n2)CN1C(=O)[C@@H](NC(=O)OC1CCCC1)C(C)(C)C)C(=O)NS(=O)(=O)C1CC1. The summed E-state index contributed by atoms with van der Waals surface area (Å²) in [5, 5.41) is 7.14. The molecule has 3 aliphatic carbocycles. The summed E-state index contributed by atoms with van der Waals surface area (Å²) in [4.78, 5) is 61.2. The minimum atomic E-state index is -3.89. The highest BCUT2D eigenvalue weighted by Gasteiger charge is 2.62. The van der Waals surface area contributed by atoms with Crippen LogP contribution in [-0.2, 0) is 29.1 Å². The number of nitrogens with one attached hydrogen (secondary N) is 3. The van der Waals surface area contributed by atoms with Gasteiger partial charge in [0.1, 0.15) is 34.6 Å². The molecule has 2 aromatic rings. The van der Waals surface area contributed by atoms with Crippen molar-refractivity contribution >= 4 is 45.2 Å². The van der Waals surface area contributed by atoms with E-state index in [1.807, 2.05) is 0 Å². The molecule has 6 rings (SSSR count). The van der Waals surface area contributed by atoms with Crippen molar-refractivity contribution in [1.82, 2.24) is 25.2 Å². The van der Waals surface area contributed by atoms with Gasteiger partial charge in [0, 0.05) is 29.3 Å². The number of nitrogens with zero attached hydrogens (tertiary/aromatic N) is 2. The third-order valence-corrected chi connectivity index (χ3v) is 12.8. The molecule has 4 aliphatic rings. The zero-order valence-electron chi connectivity index (χ0n) is 28.4. The Labute approximate surface area is 295 Å². The molecule has 12 nitrogen and oxygen atoms in total. The molecule has 270 valence electrons. The fourth-order valence-electron chi connectivity index (χ4n) is 6.92. The molecule has 4 fully saturated rings. The average Bonchev–Trinajstić information content (AvgIpc) is 3.82. The Morgan fingerprint density at radius 3 is 2.46 bits per heavy atom. The van der Waals surface area contributed by atoms with Crippen LogP contribution in [0.3, 0.4) is 0 Å². The van der Waals surface area contributed by atoms with E-state index in [1.165, 1.54) is 28.4 Å². The smallest absolute Gasteiger partial charge is 0.408 e. The summed E-state index contributed by atoms with van der Waals surface area (Å²) in [6.45, 7) is 9.22. The lowest BCUT2D eigenvalue weighted by atomic mass is 9.85. The third-order valence-electron chi connectivity index (χ3n) is 10.1. The number of carbonyl (C=O) groups is 4. The van der Waals surface area contributed by atoms with E-state index in [9.17, 15) is 32.0 Å². The number of hydrogen-bond donors (Lipinski definition) is 3. The molecule has 1 aromatic carbocycles. The largest absolute Gasteiger partial charge is 0.446 e. The summed E-state index contributed by atoms with van der Waals surface area (Å²) >= 11 is 1.25. The summed E-state index contributed by atoms with van der Waals surface area (Å²) in [7, 11) is -3.89. The van der Waals surface area contributed by atoms with Gasteiger partial charge in [0.25, 0.3) is 5.91 Å². The van der Waals surface area contributed by atoms with Gasteiger partial charge in [-0.3, -0.25) is 19.1 Å². The Morgan fingerprint density at radius 2 is 1.84 bits per heavy atom. The predicted molar refractivity (Wildman–Crippen MR) is 185 cm³/mol. The van der Waals surface area contributed by atoms with Crippen molar-refractivity contribution in [1.29, 1.82) is 0 Å². The molecule has 1 aliphatic heterocycles. The molecule has 15 heteroatoms. The number of carbonyl (C=O) groups excluding carboxylic acids is 4. The maximum atomic E-state index is 14.6. The number of aromatic nitrogens is 1. The molecule has 4 amide bonds. The van der Waals surface area contributed by atoms with Crippen LogP contribution in [0, 0.1) is 17.2 Å². The number of benzene rings is 1. The van der Waals surface area contributed by atoms with Crippen LogP contribution in [0.4, 0.5) is 9.18 Å². The summed E-state index contributed by atoms with van der Waals surface area (Å²) in [5.74, 6) is -3.38. The van der Waals surface area contributed by atoms with Crippen molar-refractivity contribution in [3.05, 3.63) is 53.8 Å². The Morgan fingerprint density at radius 1 is 1.14 bits per heavy atom. The number of likely N-dealkylation sites (tertiary alicyclic amines) is 1. The topological polar surface area (TPSA) is 164 Å². The molecule has 0 bridgehead atoms. The zero-order chi connectivity index (χ0) is 36.0. The van der Waals surface area contributed by atoms with Crippen LogP contribution >= 0.6 is 11.3 Å². The van der Waals surface area contributed by atoms with Crippen LogP contribution < -0.4 is 15.4 Å². The first-order chi connectivity index (χ1) is 23.6. The van der Waals surface area contributed by atoms with Crippen molar-refractivity contribution in [2.45, 2.75) is 107 Å². The van der Waals surface area contributed by atoms with E-state index in [1.54, 1.807) is 44.4 Å². The van der Waals surface area contributed by atoms with Gasteiger partial charge in [-0.05, 0) is 68.9 Å². The monoisotopic (exact) mass is 729 g/mol. The lowest BCUT2D eigenvalue weighted by Gasteiger charge is -2.35. The molecule has 1 aromatic heterocycles. The summed E-state index contributed by atoms with van der Waals surface area (Å²) in [6, 6.07) is 4.11. The fourth-order valence-corrected chi connectivity index (χ4v) is 9.21. The van der Waals surface area contributed by atoms with Crippen LogP contribution in [0.25, 0.3) is 10.6 Å². The normalized spacial score (nSPS) is 25.8. The Bertz CT molecular complexity index is 1780. The number of sulfonamides is 1. The van der Waals surface area contributed by atoms with E-state index in [0.717, 1.165) is 25.7 Å². The molecular weight excluding hydrogens is 686 g/mol. The first kappa shape index (κ1) is 36.0. The molecule has 2 heterocycles. The standard InChI is InChI=1S/C35H44FN5O7S2/c1-5-21-17-35(21,32(44)40-50(46,47)23-14-15-23)39-29(42)27-16-20(26-19-49-30(37-26)24-12-8-9-13-25(24)36)18-41(27)31(43)28(34(2,3)4)38-33(45)48-22-10-6-7-11-22/h5,8-9,12-13,19-23,27-28H,1,6-7,10-11,14-18H2,2-4H3,(H,38,45)(H,39,42)(H,40,44)/t20-,21-,27+,28-,35-/m1/s1. The predicted octanol–water partition coefficient (Wildman–Crippen LogP) is 4.39. The highest BCUT2D eigenvalue weighted by molar-refractivity contribution is 7.91. The number of alkyl carbamates (subject to hydrolysis) is 1. The molecule has 3 saturated carbocycles. The summed E-state index contributed by atoms with van der Waals surface area (Å²) in [6.07, 6.45) is 5.17. The maximum Gasteiger partial charge on any atom is 0.408 e. The van der Waals surface area contributed by atoms with Gasteiger partial charge in [0.15, 0.2) is 0 Å². The second-order valence-corrected chi connectivity index (χ2v) is 17.8. The molecule has 0 spiro atoms. The highest BCUT2D eigenvalue weighted by Crippen LogP contribution is 2.46. The van der Waals surface area contributed by atoms with Gasteiger partial charge < -0.3 is 20.3 Å². The number of amides is 4.